The molecule has 116 valence electrons. The smallest absolute Gasteiger partial charge is 0.209 e. The van der Waals surface area contributed by atoms with E-state index in [1.54, 1.807) is 0 Å². The minimum Gasteiger partial charge on any atom is -0.439 e. The Hall–Kier alpha value is -1.65. The zero-order valence-electron chi connectivity index (χ0n) is 12.8. The summed E-state index contributed by atoms with van der Waals surface area (Å²) in [7, 11) is 0. The number of hydrogen-bond acceptors (Lipinski definition) is 4. The van der Waals surface area contributed by atoms with Gasteiger partial charge in [-0.1, -0.05) is 30.3 Å². The minimum absolute atomic E-state index is 0.671. The summed E-state index contributed by atoms with van der Waals surface area (Å²) in [6.07, 6.45) is 5.64. The predicted octanol–water partition coefficient (Wildman–Crippen LogP) is 3.34. The molecular weight excluding hydrogens is 276 g/mol. The van der Waals surface area contributed by atoms with E-state index in [0.29, 0.717) is 12.0 Å². The highest BCUT2D eigenvalue weighted by atomic mass is 16.5. The van der Waals surface area contributed by atoms with E-state index in [-0.39, 0.29) is 0 Å². The van der Waals surface area contributed by atoms with Crippen molar-refractivity contribution in [3.63, 3.8) is 0 Å². The van der Waals surface area contributed by atoms with Gasteiger partial charge < -0.3 is 9.15 Å². The molecule has 1 aromatic carbocycles. The van der Waals surface area contributed by atoms with Crippen molar-refractivity contribution in [1.29, 1.82) is 0 Å². The van der Waals surface area contributed by atoms with Crippen molar-refractivity contribution in [2.24, 2.45) is 5.92 Å². The summed E-state index contributed by atoms with van der Waals surface area (Å²) in [5.74, 6) is 2.35. The molecule has 1 saturated heterocycles. The maximum absolute atomic E-state index is 5.96. The van der Waals surface area contributed by atoms with Crippen LogP contribution in [0.3, 0.4) is 0 Å². The third kappa shape index (κ3) is 3.23. The first-order valence-corrected chi connectivity index (χ1v) is 8.20. The molecule has 0 bridgehead atoms. The van der Waals surface area contributed by atoms with E-state index < -0.39 is 0 Å². The average Bonchev–Trinajstić information content (AvgIpc) is 3.08. The number of hydrogen-bond donors (Lipinski definition) is 0. The number of benzene rings is 1. The minimum atomic E-state index is 0.671. The van der Waals surface area contributed by atoms with Crippen LogP contribution in [0, 0.1) is 5.92 Å². The molecule has 0 amide bonds. The highest BCUT2D eigenvalue weighted by Gasteiger charge is 2.32. The van der Waals surface area contributed by atoms with Gasteiger partial charge in [0.25, 0.3) is 0 Å². The van der Waals surface area contributed by atoms with Gasteiger partial charge in [-0.2, -0.15) is 0 Å². The van der Waals surface area contributed by atoms with E-state index in [9.17, 15) is 0 Å². The highest BCUT2D eigenvalue weighted by Crippen LogP contribution is 2.31. The zero-order valence-corrected chi connectivity index (χ0v) is 12.8. The molecule has 2 aliphatic rings. The highest BCUT2D eigenvalue weighted by molar-refractivity contribution is 5.55. The van der Waals surface area contributed by atoms with E-state index in [2.05, 4.69) is 22.0 Å². The largest absolute Gasteiger partial charge is 0.439 e. The van der Waals surface area contributed by atoms with Crippen LogP contribution in [-0.2, 0) is 11.3 Å². The molecule has 0 radical (unpaired) electrons. The lowest BCUT2D eigenvalue weighted by molar-refractivity contribution is 0.156. The Morgan fingerprint density at radius 2 is 2.00 bits per heavy atom. The van der Waals surface area contributed by atoms with Crippen molar-refractivity contribution in [1.82, 2.24) is 9.88 Å². The van der Waals surface area contributed by atoms with E-state index in [1.165, 1.54) is 19.3 Å². The molecule has 4 heteroatoms. The van der Waals surface area contributed by atoms with Crippen LogP contribution in [0.1, 0.15) is 25.2 Å². The number of aromatic nitrogens is 1. The molecular formula is C18H22N2O2. The second-order valence-corrected chi connectivity index (χ2v) is 6.37. The van der Waals surface area contributed by atoms with Crippen LogP contribution >= 0.6 is 0 Å². The fourth-order valence-electron chi connectivity index (χ4n) is 3.13. The van der Waals surface area contributed by atoms with Gasteiger partial charge in [-0.05, 0) is 25.2 Å². The van der Waals surface area contributed by atoms with E-state index in [1.807, 2.05) is 24.4 Å². The molecule has 4 rings (SSSR count). The lowest BCUT2D eigenvalue weighted by atomic mass is 10.1. The molecule has 2 fully saturated rings. The molecule has 0 spiro atoms. The Labute approximate surface area is 131 Å². The van der Waals surface area contributed by atoms with Crippen LogP contribution in [-0.4, -0.2) is 35.7 Å². The first kappa shape index (κ1) is 14.0. The quantitative estimate of drug-likeness (QED) is 0.820. The van der Waals surface area contributed by atoms with Crippen molar-refractivity contribution in [2.45, 2.75) is 31.8 Å². The summed E-state index contributed by atoms with van der Waals surface area (Å²) in [6, 6.07) is 10.9. The molecule has 1 aliphatic carbocycles. The van der Waals surface area contributed by atoms with Gasteiger partial charge in [0.05, 0.1) is 19.3 Å². The van der Waals surface area contributed by atoms with Crippen LogP contribution in [0.15, 0.2) is 40.9 Å². The van der Waals surface area contributed by atoms with Gasteiger partial charge in [-0.3, -0.25) is 4.90 Å². The standard InChI is InChI=1S/C18H22N2O2/c1-2-4-15(5-3-1)17-10-19-18(22-17)12-20(16-6-7-16)11-14-8-9-21-13-14/h1-5,10,14,16H,6-9,11-13H2/t14-/m0/s1. The molecule has 1 aliphatic heterocycles. The monoisotopic (exact) mass is 298 g/mol. The third-order valence-electron chi connectivity index (χ3n) is 4.53. The molecule has 0 unspecified atom stereocenters. The first-order valence-electron chi connectivity index (χ1n) is 8.20. The van der Waals surface area contributed by atoms with Crippen LogP contribution in [0.4, 0.5) is 0 Å². The molecule has 2 aromatic rings. The van der Waals surface area contributed by atoms with Crippen molar-refractivity contribution >= 4 is 0 Å². The number of rotatable bonds is 6. The molecule has 22 heavy (non-hydrogen) atoms. The maximum Gasteiger partial charge on any atom is 0.209 e. The van der Waals surface area contributed by atoms with Crippen molar-refractivity contribution in [3.8, 4) is 11.3 Å². The number of ether oxygens (including phenoxy) is 1. The summed E-state index contributed by atoms with van der Waals surface area (Å²) in [4.78, 5) is 7.01. The van der Waals surface area contributed by atoms with Crippen LogP contribution < -0.4 is 0 Å². The van der Waals surface area contributed by atoms with Crippen LogP contribution in [0.2, 0.25) is 0 Å². The Morgan fingerprint density at radius 3 is 2.73 bits per heavy atom. The first-order chi connectivity index (χ1) is 10.9. The van der Waals surface area contributed by atoms with Crippen molar-refractivity contribution in [2.75, 3.05) is 19.8 Å². The van der Waals surface area contributed by atoms with Gasteiger partial charge in [0.1, 0.15) is 0 Å². The van der Waals surface area contributed by atoms with Gasteiger partial charge in [0.2, 0.25) is 5.89 Å². The maximum atomic E-state index is 5.96. The average molecular weight is 298 g/mol. The molecule has 1 saturated carbocycles. The lowest BCUT2D eigenvalue weighted by Crippen LogP contribution is -2.31. The summed E-state index contributed by atoms with van der Waals surface area (Å²) >= 11 is 0. The van der Waals surface area contributed by atoms with Gasteiger partial charge in [0.15, 0.2) is 5.76 Å². The second-order valence-electron chi connectivity index (χ2n) is 6.37. The Kier molecular flexibility index (Phi) is 3.95. The molecule has 2 heterocycles. The third-order valence-corrected chi connectivity index (χ3v) is 4.53. The zero-order chi connectivity index (χ0) is 14.8. The second kappa shape index (κ2) is 6.23. The van der Waals surface area contributed by atoms with E-state index >= 15 is 0 Å². The molecule has 1 aromatic heterocycles. The number of nitrogens with zero attached hydrogens (tertiary/aromatic N) is 2. The van der Waals surface area contributed by atoms with E-state index in [0.717, 1.165) is 43.5 Å². The predicted molar refractivity (Wildman–Crippen MR) is 84.3 cm³/mol. The topological polar surface area (TPSA) is 38.5 Å². The van der Waals surface area contributed by atoms with Gasteiger partial charge in [0, 0.05) is 24.8 Å². The van der Waals surface area contributed by atoms with Gasteiger partial charge in [-0.25, -0.2) is 4.98 Å². The SMILES string of the molecule is c1ccc(-c2cnc(CN(C[C@@H]3CCOC3)C3CC3)o2)cc1. The van der Waals surface area contributed by atoms with E-state index in [4.69, 9.17) is 9.15 Å². The van der Waals surface area contributed by atoms with Crippen molar-refractivity contribution < 1.29 is 9.15 Å². The normalized spacial score (nSPS) is 21.6. The fraction of sp³-hybridized carbons (Fsp3) is 0.500. The Bertz CT molecular complexity index is 601. The van der Waals surface area contributed by atoms with Crippen LogP contribution in [0.25, 0.3) is 11.3 Å². The van der Waals surface area contributed by atoms with Crippen molar-refractivity contribution in [3.05, 3.63) is 42.4 Å². The van der Waals surface area contributed by atoms with Gasteiger partial charge >= 0.3 is 0 Å². The summed E-state index contributed by atoms with van der Waals surface area (Å²) in [6.45, 7) is 3.74. The van der Waals surface area contributed by atoms with Gasteiger partial charge in [-0.15, -0.1) is 0 Å². The fourth-order valence-corrected chi connectivity index (χ4v) is 3.13. The molecule has 0 N–H and O–H groups in total. The Morgan fingerprint density at radius 1 is 1.14 bits per heavy atom. The Balaban J connectivity index is 1.43. The summed E-state index contributed by atoms with van der Waals surface area (Å²) in [5, 5.41) is 0. The molecule has 4 nitrogen and oxygen atoms in total. The summed E-state index contributed by atoms with van der Waals surface area (Å²) in [5.41, 5.74) is 1.09. The lowest BCUT2D eigenvalue weighted by Gasteiger charge is -2.23. The van der Waals surface area contributed by atoms with Crippen LogP contribution in [0.5, 0.6) is 0 Å². The number of oxazole rings is 1. The summed E-state index contributed by atoms with van der Waals surface area (Å²) < 4.78 is 11.5. The molecule has 1 atom stereocenters.